The number of nitrogens with zero attached hydrogens (tertiary/aromatic N) is 1. The minimum atomic E-state index is -0.158. The Hall–Kier alpha value is -1.61. The summed E-state index contributed by atoms with van der Waals surface area (Å²) >= 11 is 12.3. The topological polar surface area (TPSA) is 38.9 Å². The SMILES string of the molecule is NC(Cc1cc(Cl)ccc1Cl)c1cccc2ncccc12. The van der Waals surface area contributed by atoms with Gasteiger partial charge in [0.25, 0.3) is 0 Å². The van der Waals surface area contributed by atoms with E-state index in [0.29, 0.717) is 16.5 Å². The van der Waals surface area contributed by atoms with E-state index in [9.17, 15) is 0 Å². The zero-order chi connectivity index (χ0) is 14.8. The van der Waals surface area contributed by atoms with Crippen LogP contribution in [0.5, 0.6) is 0 Å². The highest BCUT2D eigenvalue weighted by atomic mass is 35.5. The molecule has 2 N–H and O–H groups in total. The van der Waals surface area contributed by atoms with Crippen LogP contribution in [0.1, 0.15) is 17.2 Å². The molecule has 4 heteroatoms. The number of rotatable bonds is 3. The van der Waals surface area contributed by atoms with Crippen molar-refractivity contribution < 1.29 is 0 Å². The van der Waals surface area contributed by atoms with Gasteiger partial charge >= 0.3 is 0 Å². The van der Waals surface area contributed by atoms with Crippen molar-refractivity contribution in [3.63, 3.8) is 0 Å². The average molecular weight is 317 g/mol. The van der Waals surface area contributed by atoms with Crippen molar-refractivity contribution in [2.24, 2.45) is 5.73 Å². The van der Waals surface area contributed by atoms with Crippen molar-refractivity contribution >= 4 is 34.1 Å². The number of nitrogens with two attached hydrogens (primary N) is 1. The lowest BCUT2D eigenvalue weighted by atomic mass is 9.96. The van der Waals surface area contributed by atoms with E-state index in [0.717, 1.165) is 22.0 Å². The number of aromatic nitrogens is 1. The van der Waals surface area contributed by atoms with E-state index in [1.165, 1.54) is 0 Å². The molecule has 0 saturated carbocycles. The minimum absolute atomic E-state index is 0.158. The van der Waals surface area contributed by atoms with Gasteiger partial charge in [0.15, 0.2) is 0 Å². The van der Waals surface area contributed by atoms with Crippen molar-refractivity contribution in [2.75, 3.05) is 0 Å². The standard InChI is InChI=1S/C17H14Cl2N2/c18-12-6-7-15(19)11(9-12)10-16(20)13-3-1-5-17-14(13)4-2-8-21-17/h1-9,16H,10,20H2. The first-order valence-electron chi connectivity index (χ1n) is 6.68. The number of benzene rings is 2. The molecule has 0 aliphatic heterocycles. The molecule has 1 aromatic heterocycles. The molecule has 1 atom stereocenters. The van der Waals surface area contributed by atoms with E-state index >= 15 is 0 Å². The lowest BCUT2D eigenvalue weighted by Crippen LogP contribution is -2.14. The Bertz CT molecular complexity index is 781. The molecule has 0 fully saturated rings. The first kappa shape index (κ1) is 14.3. The van der Waals surface area contributed by atoms with Crippen molar-refractivity contribution in [1.29, 1.82) is 0 Å². The molecule has 0 aliphatic carbocycles. The summed E-state index contributed by atoms with van der Waals surface area (Å²) in [6, 6.07) is 15.2. The maximum atomic E-state index is 6.38. The van der Waals surface area contributed by atoms with Crippen LogP contribution in [0.25, 0.3) is 10.9 Å². The Morgan fingerprint density at radius 3 is 2.76 bits per heavy atom. The second-order valence-electron chi connectivity index (χ2n) is 4.96. The highest BCUT2D eigenvalue weighted by Crippen LogP contribution is 2.28. The number of hydrogen-bond acceptors (Lipinski definition) is 2. The van der Waals surface area contributed by atoms with E-state index in [4.69, 9.17) is 28.9 Å². The molecule has 1 heterocycles. The summed E-state index contributed by atoms with van der Waals surface area (Å²) in [5.74, 6) is 0. The number of hydrogen-bond donors (Lipinski definition) is 1. The largest absolute Gasteiger partial charge is 0.324 e. The molecule has 2 aromatic carbocycles. The third-order valence-electron chi connectivity index (χ3n) is 3.53. The Morgan fingerprint density at radius 1 is 1.05 bits per heavy atom. The Morgan fingerprint density at radius 2 is 1.90 bits per heavy atom. The summed E-state index contributed by atoms with van der Waals surface area (Å²) < 4.78 is 0. The third-order valence-corrected chi connectivity index (χ3v) is 4.13. The summed E-state index contributed by atoms with van der Waals surface area (Å²) in [4.78, 5) is 4.36. The molecule has 0 amide bonds. The van der Waals surface area contributed by atoms with Gasteiger partial charge in [-0.25, -0.2) is 0 Å². The highest BCUT2D eigenvalue weighted by molar-refractivity contribution is 6.33. The van der Waals surface area contributed by atoms with E-state index in [-0.39, 0.29) is 6.04 Å². The molecule has 3 rings (SSSR count). The van der Waals surface area contributed by atoms with Crippen LogP contribution in [-0.4, -0.2) is 4.98 Å². The summed E-state index contributed by atoms with van der Waals surface area (Å²) in [6.45, 7) is 0. The van der Waals surface area contributed by atoms with Gasteiger partial charge in [-0.05, 0) is 47.9 Å². The summed E-state index contributed by atoms with van der Waals surface area (Å²) in [5.41, 5.74) is 9.35. The summed E-state index contributed by atoms with van der Waals surface area (Å²) in [6.07, 6.45) is 2.42. The zero-order valence-corrected chi connectivity index (χ0v) is 12.8. The fourth-order valence-electron chi connectivity index (χ4n) is 2.50. The van der Waals surface area contributed by atoms with Crippen LogP contribution < -0.4 is 5.73 Å². The Balaban J connectivity index is 1.97. The first-order chi connectivity index (χ1) is 10.1. The van der Waals surface area contributed by atoms with E-state index in [2.05, 4.69) is 4.98 Å². The van der Waals surface area contributed by atoms with Gasteiger partial charge in [0.1, 0.15) is 0 Å². The number of pyridine rings is 1. The molecule has 0 saturated heterocycles. The normalized spacial score (nSPS) is 12.5. The third kappa shape index (κ3) is 3.03. The Kier molecular flexibility index (Phi) is 4.11. The summed E-state index contributed by atoms with van der Waals surface area (Å²) in [7, 11) is 0. The fourth-order valence-corrected chi connectivity index (χ4v) is 2.89. The van der Waals surface area contributed by atoms with Crippen LogP contribution in [0.15, 0.2) is 54.7 Å². The van der Waals surface area contributed by atoms with Crippen LogP contribution >= 0.6 is 23.2 Å². The van der Waals surface area contributed by atoms with Gasteiger partial charge in [0.2, 0.25) is 0 Å². The molecule has 21 heavy (non-hydrogen) atoms. The smallest absolute Gasteiger partial charge is 0.0705 e. The van der Waals surface area contributed by atoms with Crippen LogP contribution in [-0.2, 0) is 6.42 Å². The molecule has 0 bridgehead atoms. The van der Waals surface area contributed by atoms with Crippen molar-refractivity contribution in [3.8, 4) is 0 Å². The lowest BCUT2D eigenvalue weighted by Gasteiger charge is -2.15. The van der Waals surface area contributed by atoms with E-state index in [1.54, 1.807) is 18.3 Å². The Labute approximate surface area is 133 Å². The second-order valence-corrected chi connectivity index (χ2v) is 5.81. The molecule has 1 unspecified atom stereocenters. The van der Waals surface area contributed by atoms with Gasteiger partial charge in [-0.15, -0.1) is 0 Å². The molecular weight excluding hydrogens is 303 g/mol. The number of halogens is 2. The van der Waals surface area contributed by atoms with Crippen LogP contribution in [0.4, 0.5) is 0 Å². The van der Waals surface area contributed by atoms with Crippen LogP contribution in [0, 0.1) is 0 Å². The highest BCUT2D eigenvalue weighted by Gasteiger charge is 2.13. The quantitative estimate of drug-likeness (QED) is 0.755. The van der Waals surface area contributed by atoms with Crippen LogP contribution in [0.2, 0.25) is 10.0 Å². The van der Waals surface area contributed by atoms with Crippen molar-refractivity contribution in [3.05, 3.63) is 75.9 Å². The second kappa shape index (κ2) is 6.02. The van der Waals surface area contributed by atoms with Gasteiger partial charge in [-0.2, -0.15) is 0 Å². The van der Waals surface area contributed by atoms with Gasteiger partial charge in [0, 0.05) is 27.7 Å². The van der Waals surface area contributed by atoms with Crippen molar-refractivity contribution in [1.82, 2.24) is 4.98 Å². The first-order valence-corrected chi connectivity index (χ1v) is 7.44. The zero-order valence-electron chi connectivity index (χ0n) is 11.3. The molecule has 0 spiro atoms. The average Bonchev–Trinajstić information content (AvgIpc) is 2.50. The predicted octanol–water partition coefficient (Wildman–Crippen LogP) is 4.78. The van der Waals surface area contributed by atoms with E-state index < -0.39 is 0 Å². The van der Waals surface area contributed by atoms with Gasteiger partial charge in [-0.1, -0.05) is 41.4 Å². The van der Waals surface area contributed by atoms with Crippen LogP contribution in [0.3, 0.4) is 0 Å². The fraction of sp³-hybridized carbons (Fsp3) is 0.118. The van der Waals surface area contributed by atoms with Gasteiger partial charge < -0.3 is 5.73 Å². The molecule has 3 aromatic rings. The molecule has 2 nitrogen and oxygen atoms in total. The monoisotopic (exact) mass is 316 g/mol. The van der Waals surface area contributed by atoms with Gasteiger partial charge in [-0.3, -0.25) is 4.98 Å². The lowest BCUT2D eigenvalue weighted by molar-refractivity contribution is 0.728. The number of fused-ring (bicyclic) bond motifs is 1. The molecule has 0 aliphatic rings. The maximum absolute atomic E-state index is 6.38. The summed E-state index contributed by atoms with van der Waals surface area (Å²) in [5, 5.41) is 2.43. The van der Waals surface area contributed by atoms with Crippen molar-refractivity contribution in [2.45, 2.75) is 12.5 Å². The molecule has 106 valence electrons. The van der Waals surface area contributed by atoms with Gasteiger partial charge in [0.05, 0.1) is 5.52 Å². The molecule has 0 radical (unpaired) electrons. The molecular formula is C17H14Cl2N2. The maximum Gasteiger partial charge on any atom is 0.0705 e. The minimum Gasteiger partial charge on any atom is -0.324 e. The predicted molar refractivity (Wildman–Crippen MR) is 88.8 cm³/mol. The van der Waals surface area contributed by atoms with E-state index in [1.807, 2.05) is 36.4 Å².